The van der Waals surface area contributed by atoms with Crippen LogP contribution in [0, 0.1) is 6.92 Å². The molecule has 4 rings (SSSR count). The monoisotopic (exact) mass is 347 g/mol. The smallest absolute Gasteiger partial charge is 0.219 e. The van der Waals surface area contributed by atoms with Crippen molar-refractivity contribution in [1.82, 2.24) is 14.8 Å². The number of carbonyl (C=O) groups excluding carboxylic acids is 1. The third-order valence-electron chi connectivity index (χ3n) is 5.43. The van der Waals surface area contributed by atoms with Gasteiger partial charge in [-0.2, -0.15) is 0 Å². The molecule has 0 spiro atoms. The minimum absolute atomic E-state index is 0.170. The van der Waals surface area contributed by atoms with E-state index in [1.807, 2.05) is 4.90 Å². The van der Waals surface area contributed by atoms with E-state index in [0.717, 1.165) is 26.2 Å². The fourth-order valence-corrected chi connectivity index (χ4v) is 3.95. The molecule has 2 heterocycles. The quantitative estimate of drug-likeness (QED) is 0.784. The van der Waals surface area contributed by atoms with E-state index in [1.54, 1.807) is 6.92 Å². The minimum Gasteiger partial charge on any atom is -0.361 e. The maximum Gasteiger partial charge on any atom is 0.219 e. The van der Waals surface area contributed by atoms with Gasteiger partial charge in [-0.15, -0.1) is 0 Å². The second-order valence-corrected chi connectivity index (χ2v) is 7.14. The Morgan fingerprint density at radius 2 is 1.69 bits per heavy atom. The van der Waals surface area contributed by atoms with Gasteiger partial charge in [-0.25, -0.2) is 0 Å². The van der Waals surface area contributed by atoms with Gasteiger partial charge in [0.25, 0.3) is 0 Å². The number of fused-ring (bicyclic) bond motifs is 1. The van der Waals surface area contributed by atoms with Gasteiger partial charge in [0.15, 0.2) is 0 Å². The van der Waals surface area contributed by atoms with Gasteiger partial charge in [-0.1, -0.05) is 48.0 Å². The molecule has 1 N–H and O–H groups in total. The highest BCUT2D eigenvalue weighted by atomic mass is 16.2. The van der Waals surface area contributed by atoms with Gasteiger partial charge < -0.3 is 9.88 Å². The molecule has 1 fully saturated rings. The first kappa shape index (κ1) is 16.9. The molecule has 26 heavy (non-hydrogen) atoms. The number of benzene rings is 2. The number of rotatable bonds is 3. The summed E-state index contributed by atoms with van der Waals surface area (Å²) in [4.78, 5) is 19.6. The molecule has 4 nitrogen and oxygen atoms in total. The molecule has 1 unspecified atom stereocenters. The average Bonchev–Trinajstić information content (AvgIpc) is 3.08. The number of hydrogen-bond acceptors (Lipinski definition) is 2. The number of para-hydroxylation sites is 1. The van der Waals surface area contributed by atoms with E-state index in [2.05, 4.69) is 71.5 Å². The SMILES string of the molecule is CC(=O)N1CCN(C(c2ccc(C)cc2)c2c[nH]c3ccccc23)CC1. The summed E-state index contributed by atoms with van der Waals surface area (Å²) in [5.74, 6) is 0.170. The molecule has 1 aromatic heterocycles. The Bertz CT molecular complexity index is 905. The topological polar surface area (TPSA) is 39.3 Å². The summed E-state index contributed by atoms with van der Waals surface area (Å²) in [6.07, 6.45) is 2.15. The van der Waals surface area contributed by atoms with Crippen LogP contribution in [0.4, 0.5) is 0 Å². The lowest BCUT2D eigenvalue weighted by Gasteiger charge is -2.39. The van der Waals surface area contributed by atoms with Crippen LogP contribution in [0.3, 0.4) is 0 Å². The number of nitrogens with one attached hydrogen (secondary N) is 1. The minimum atomic E-state index is 0.170. The number of hydrogen-bond donors (Lipinski definition) is 1. The number of nitrogens with zero attached hydrogens (tertiary/aromatic N) is 2. The fourth-order valence-electron chi connectivity index (χ4n) is 3.95. The molecule has 0 bridgehead atoms. The van der Waals surface area contributed by atoms with Crippen LogP contribution in [0.5, 0.6) is 0 Å². The Hall–Kier alpha value is -2.59. The summed E-state index contributed by atoms with van der Waals surface area (Å²) in [5, 5.41) is 1.27. The number of amides is 1. The third-order valence-corrected chi connectivity index (χ3v) is 5.43. The van der Waals surface area contributed by atoms with Crippen molar-refractivity contribution in [3.63, 3.8) is 0 Å². The van der Waals surface area contributed by atoms with Gasteiger partial charge >= 0.3 is 0 Å². The second kappa shape index (κ2) is 6.96. The highest BCUT2D eigenvalue weighted by Gasteiger charge is 2.28. The molecular weight excluding hydrogens is 322 g/mol. The van der Waals surface area contributed by atoms with Crippen LogP contribution in [0.15, 0.2) is 54.7 Å². The number of piperazine rings is 1. The van der Waals surface area contributed by atoms with Crippen LogP contribution in [0.1, 0.15) is 29.7 Å². The molecule has 134 valence electrons. The Morgan fingerprint density at radius 3 is 2.38 bits per heavy atom. The van der Waals surface area contributed by atoms with Crippen LogP contribution < -0.4 is 0 Å². The lowest BCUT2D eigenvalue weighted by Crippen LogP contribution is -2.49. The van der Waals surface area contributed by atoms with E-state index in [0.29, 0.717) is 0 Å². The summed E-state index contributed by atoms with van der Waals surface area (Å²) >= 11 is 0. The third kappa shape index (κ3) is 3.13. The highest BCUT2D eigenvalue weighted by molar-refractivity contribution is 5.84. The van der Waals surface area contributed by atoms with Gasteiger partial charge in [0, 0.05) is 50.2 Å². The Labute approximate surface area is 154 Å². The molecule has 0 aliphatic carbocycles. The van der Waals surface area contributed by atoms with Crippen molar-refractivity contribution in [3.05, 3.63) is 71.4 Å². The Morgan fingerprint density at radius 1 is 1.00 bits per heavy atom. The van der Waals surface area contributed by atoms with Crippen molar-refractivity contribution in [1.29, 1.82) is 0 Å². The van der Waals surface area contributed by atoms with Crippen LogP contribution >= 0.6 is 0 Å². The molecule has 1 aliphatic rings. The Kier molecular flexibility index (Phi) is 4.51. The van der Waals surface area contributed by atoms with Crippen LogP contribution in [-0.4, -0.2) is 46.9 Å². The van der Waals surface area contributed by atoms with Crippen molar-refractivity contribution in [2.24, 2.45) is 0 Å². The first-order valence-corrected chi connectivity index (χ1v) is 9.25. The van der Waals surface area contributed by atoms with Gasteiger partial charge in [0.1, 0.15) is 0 Å². The summed E-state index contributed by atoms with van der Waals surface area (Å²) < 4.78 is 0. The average molecular weight is 347 g/mol. The molecule has 4 heteroatoms. The summed E-state index contributed by atoms with van der Waals surface area (Å²) in [6.45, 7) is 7.14. The van der Waals surface area contributed by atoms with Gasteiger partial charge in [0.2, 0.25) is 5.91 Å². The number of aryl methyl sites for hydroxylation is 1. The molecule has 2 aromatic carbocycles. The summed E-state index contributed by atoms with van der Waals surface area (Å²) in [7, 11) is 0. The second-order valence-electron chi connectivity index (χ2n) is 7.14. The molecule has 0 saturated carbocycles. The lowest BCUT2D eigenvalue weighted by molar-refractivity contribution is -0.130. The van der Waals surface area contributed by atoms with E-state index in [-0.39, 0.29) is 11.9 Å². The van der Waals surface area contributed by atoms with Crippen LogP contribution in [-0.2, 0) is 4.79 Å². The zero-order valence-corrected chi connectivity index (χ0v) is 15.4. The van der Waals surface area contributed by atoms with Gasteiger partial charge in [-0.3, -0.25) is 9.69 Å². The molecule has 0 radical (unpaired) electrons. The fraction of sp³-hybridized carbons (Fsp3) is 0.318. The van der Waals surface area contributed by atoms with Crippen molar-refractivity contribution >= 4 is 16.8 Å². The van der Waals surface area contributed by atoms with Gasteiger partial charge in [-0.05, 0) is 24.1 Å². The highest BCUT2D eigenvalue weighted by Crippen LogP contribution is 2.34. The molecule has 1 amide bonds. The number of aromatic amines is 1. The van der Waals surface area contributed by atoms with E-state index in [1.165, 1.54) is 27.6 Å². The predicted octanol–water partition coefficient (Wildman–Crippen LogP) is 3.73. The van der Waals surface area contributed by atoms with Gasteiger partial charge in [0.05, 0.1) is 6.04 Å². The van der Waals surface area contributed by atoms with E-state index in [9.17, 15) is 4.79 Å². The predicted molar refractivity (Wildman–Crippen MR) is 105 cm³/mol. The first-order valence-electron chi connectivity index (χ1n) is 9.25. The van der Waals surface area contributed by atoms with Crippen molar-refractivity contribution in [2.75, 3.05) is 26.2 Å². The van der Waals surface area contributed by atoms with Crippen molar-refractivity contribution in [2.45, 2.75) is 19.9 Å². The van der Waals surface area contributed by atoms with Crippen molar-refractivity contribution in [3.8, 4) is 0 Å². The number of carbonyl (C=O) groups is 1. The zero-order chi connectivity index (χ0) is 18.1. The normalized spacial score (nSPS) is 16.8. The molecule has 1 atom stereocenters. The maximum atomic E-state index is 11.7. The van der Waals surface area contributed by atoms with E-state index < -0.39 is 0 Å². The lowest BCUT2D eigenvalue weighted by atomic mass is 9.95. The number of H-pyrrole nitrogens is 1. The van der Waals surface area contributed by atoms with E-state index >= 15 is 0 Å². The van der Waals surface area contributed by atoms with Crippen LogP contribution in [0.2, 0.25) is 0 Å². The molecular formula is C22H25N3O. The summed E-state index contributed by atoms with van der Waals surface area (Å²) in [5.41, 5.74) is 5.05. The number of aromatic nitrogens is 1. The van der Waals surface area contributed by atoms with E-state index in [4.69, 9.17) is 0 Å². The molecule has 3 aromatic rings. The maximum absolute atomic E-state index is 11.7. The first-order chi connectivity index (χ1) is 12.6. The zero-order valence-electron chi connectivity index (χ0n) is 15.4. The summed E-state index contributed by atoms with van der Waals surface area (Å²) in [6, 6.07) is 17.5. The van der Waals surface area contributed by atoms with Crippen molar-refractivity contribution < 1.29 is 4.79 Å². The Balaban J connectivity index is 1.73. The largest absolute Gasteiger partial charge is 0.361 e. The molecule has 1 aliphatic heterocycles. The standard InChI is InChI=1S/C22H25N3O/c1-16-7-9-18(10-8-16)22(25-13-11-24(12-14-25)17(2)26)20-15-23-21-6-4-3-5-19(20)21/h3-10,15,22-23H,11-14H2,1-2H3. The molecule has 1 saturated heterocycles. The van der Waals surface area contributed by atoms with Crippen LogP contribution in [0.25, 0.3) is 10.9 Å².